The molecule has 2 nitrogen and oxygen atoms in total. The highest BCUT2D eigenvalue weighted by atomic mass is 19.4. The summed E-state index contributed by atoms with van der Waals surface area (Å²) in [5, 5.41) is 0. The minimum Gasteiger partial charge on any atom is -0.294 e. The van der Waals surface area contributed by atoms with Gasteiger partial charge in [0.15, 0.2) is 0 Å². The summed E-state index contributed by atoms with van der Waals surface area (Å²) in [6, 6.07) is 4.60. The molecule has 0 aromatic heterocycles. The first-order valence-electron chi connectivity index (χ1n) is 22.7. The van der Waals surface area contributed by atoms with Gasteiger partial charge < -0.3 is 0 Å². The van der Waals surface area contributed by atoms with Gasteiger partial charge in [-0.25, -0.2) is 0 Å². The van der Waals surface area contributed by atoms with Gasteiger partial charge in [-0.3, -0.25) is 9.80 Å². The van der Waals surface area contributed by atoms with E-state index >= 15 is 0 Å². The lowest BCUT2D eigenvalue weighted by atomic mass is 9.62. The van der Waals surface area contributed by atoms with E-state index in [1.165, 1.54) is 135 Å². The van der Waals surface area contributed by atoms with Gasteiger partial charge in [0.2, 0.25) is 0 Å². The molecule has 9 unspecified atom stereocenters. The minimum absolute atomic E-state index is 0.0192. The fourth-order valence-electron chi connectivity index (χ4n) is 15.0. The Morgan fingerprint density at radius 2 is 0.904 bits per heavy atom. The molecule has 7 aliphatic carbocycles. The van der Waals surface area contributed by atoms with Gasteiger partial charge in [-0.1, -0.05) is 70.6 Å². The normalized spacial score (nSPS) is 43.7. The van der Waals surface area contributed by atoms with Gasteiger partial charge in [0.25, 0.3) is 0 Å². The molecule has 52 heavy (non-hydrogen) atoms. The van der Waals surface area contributed by atoms with E-state index in [1.54, 1.807) is 0 Å². The average Bonchev–Trinajstić information content (AvgIpc) is 3.49. The number of nitrogens with zero attached hydrogens (tertiary/aromatic N) is 2. The number of hydrogen-bond acceptors (Lipinski definition) is 2. The molecular formula is C44H70F6N2. The molecule has 0 aromatic rings. The SMILES string of the molecule is FC(F)(F)C1CC(C2CCCC(C3CCC(N4C5CCCCC5C5CC(N(C6CCCCC6)C6CCCCC6)CCC54)CC3)C2)CC(C(F)(F)F)C1. The zero-order chi connectivity index (χ0) is 36.0. The van der Waals surface area contributed by atoms with E-state index in [9.17, 15) is 26.3 Å². The minimum atomic E-state index is -4.54. The summed E-state index contributed by atoms with van der Waals surface area (Å²) in [4.78, 5) is 6.28. The Hall–Kier alpha value is -0.500. The van der Waals surface area contributed by atoms with E-state index < -0.39 is 36.5 Å². The third-order valence-electron chi connectivity index (χ3n) is 17.3. The third-order valence-corrected chi connectivity index (χ3v) is 17.3. The maximum Gasteiger partial charge on any atom is 0.391 e. The van der Waals surface area contributed by atoms with E-state index in [-0.39, 0.29) is 18.8 Å². The van der Waals surface area contributed by atoms with Gasteiger partial charge in [-0.2, -0.15) is 26.3 Å². The van der Waals surface area contributed by atoms with Gasteiger partial charge >= 0.3 is 12.4 Å². The summed E-state index contributed by atoms with van der Waals surface area (Å²) in [6.07, 6.45) is 22.6. The van der Waals surface area contributed by atoms with Crippen LogP contribution in [-0.4, -0.2) is 58.4 Å². The van der Waals surface area contributed by atoms with Crippen molar-refractivity contribution in [3.63, 3.8) is 0 Å². The average molecular weight is 741 g/mol. The first-order valence-corrected chi connectivity index (χ1v) is 22.7. The number of fused-ring (bicyclic) bond motifs is 3. The molecule has 0 spiro atoms. The number of halogens is 6. The van der Waals surface area contributed by atoms with E-state index in [0.717, 1.165) is 67.7 Å². The molecule has 7 saturated carbocycles. The lowest BCUT2D eigenvalue weighted by Gasteiger charge is -2.50. The Morgan fingerprint density at radius 1 is 0.365 bits per heavy atom. The summed E-state index contributed by atoms with van der Waals surface area (Å²) >= 11 is 0. The molecule has 8 rings (SSSR count). The van der Waals surface area contributed by atoms with E-state index in [0.29, 0.717) is 17.9 Å². The van der Waals surface area contributed by atoms with Crippen LogP contribution in [0.2, 0.25) is 0 Å². The zero-order valence-corrected chi connectivity index (χ0v) is 32.0. The van der Waals surface area contributed by atoms with Crippen LogP contribution in [0.3, 0.4) is 0 Å². The molecule has 9 atom stereocenters. The van der Waals surface area contributed by atoms with Crippen LogP contribution < -0.4 is 0 Å². The van der Waals surface area contributed by atoms with E-state index in [1.807, 2.05) is 0 Å². The second-order valence-electron chi connectivity index (χ2n) is 19.9. The molecule has 1 saturated heterocycles. The highest BCUT2D eigenvalue weighted by Gasteiger charge is 2.56. The zero-order valence-electron chi connectivity index (χ0n) is 32.0. The van der Waals surface area contributed by atoms with Crippen molar-refractivity contribution in [1.29, 1.82) is 0 Å². The second-order valence-corrected chi connectivity index (χ2v) is 19.9. The largest absolute Gasteiger partial charge is 0.391 e. The van der Waals surface area contributed by atoms with Crippen molar-refractivity contribution in [3.8, 4) is 0 Å². The fraction of sp³-hybridized carbons (Fsp3) is 1.00. The van der Waals surface area contributed by atoms with Gasteiger partial charge in [0, 0.05) is 36.3 Å². The fourth-order valence-corrected chi connectivity index (χ4v) is 15.0. The summed E-state index contributed by atoms with van der Waals surface area (Å²) in [5.41, 5.74) is 0. The van der Waals surface area contributed by atoms with Crippen LogP contribution >= 0.6 is 0 Å². The molecule has 8 fully saturated rings. The Morgan fingerprint density at radius 3 is 1.50 bits per heavy atom. The highest BCUT2D eigenvalue weighted by molar-refractivity contribution is 5.08. The first-order chi connectivity index (χ1) is 25.0. The van der Waals surface area contributed by atoms with Crippen LogP contribution in [0.4, 0.5) is 26.3 Å². The van der Waals surface area contributed by atoms with Gasteiger partial charge in [-0.05, 0) is 145 Å². The molecule has 8 aliphatic rings. The highest BCUT2D eigenvalue weighted by Crippen LogP contribution is 2.55. The molecular weight excluding hydrogens is 670 g/mol. The molecule has 298 valence electrons. The van der Waals surface area contributed by atoms with Crippen molar-refractivity contribution in [3.05, 3.63) is 0 Å². The third kappa shape index (κ3) is 8.15. The van der Waals surface area contributed by atoms with Crippen LogP contribution in [-0.2, 0) is 0 Å². The van der Waals surface area contributed by atoms with Crippen molar-refractivity contribution in [2.24, 2.45) is 47.3 Å². The number of hydrogen-bond donors (Lipinski definition) is 0. The number of rotatable bonds is 6. The summed E-state index contributed by atoms with van der Waals surface area (Å²) in [6.45, 7) is 0. The number of alkyl halides is 6. The standard InChI is InChI=1S/C44H70F6N2/c45-43(46,47)33-25-32(26-34(27-33)44(48,49)50)31-11-9-10-30(24-31)29-18-20-37(21-19-29)52-41-17-8-7-16-39(41)40-28-38(22-23-42(40)52)51(35-12-3-1-4-13-35)36-14-5-2-6-15-36/h29-42H,1-28H2. The van der Waals surface area contributed by atoms with E-state index in [4.69, 9.17) is 0 Å². The summed E-state index contributed by atoms with van der Waals surface area (Å²) < 4.78 is 82.9. The monoisotopic (exact) mass is 741 g/mol. The molecule has 1 heterocycles. The molecule has 0 amide bonds. The Labute approximate surface area is 311 Å². The molecule has 8 heteroatoms. The predicted molar refractivity (Wildman–Crippen MR) is 196 cm³/mol. The predicted octanol–water partition coefficient (Wildman–Crippen LogP) is 12.9. The van der Waals surface area contributed by atoms with Crippen LogP contribution in [0.25, 0.3) is 0 Å². The Balaban J connectivity index is 0.908. The van der Waals surface area contributed by atoms with E-state index in [2.05, 4.69) is 9.80 Å². The second kappa shape index (κ2) is 16.2. The topological polar surface area (TPSA) is 6.48 Å². The quantitative estimate of drug-likeness (QED) is 0.250. The molecule has 0 radical (unpaired) electrons. The Kier molecular flexibility index (Phi) is 11.9. The molecule has 0 aromatic carbocycles. The van der Waals surface area contributed by atoms with Crippen molar-refractivity contribution in [2.45, 2.75) is 228 Å². The van der Waals surface area contributed by atoms with Crippen molar-refractivity contribution < 1.29 is 26.3 Å². The summed E-state index contributed by atoms with van der Waals surface area (Å²) in [7, 11) is 0. The molecule has 0 bridgehead atoms. The number of likely N-dealkylation sites (tertiary alicyclic amines) is 1. The van der Waals surface area contributed by atoms with Crippen LogP contribution in [0.15, 0.2) is 0 Å². The van der Waals surface area contributed by atoms with Crippen LogP contribution in [0, 0.1) is 47.3 Å². The van der Waals surface area contributed by atoms with Crippen LogP contribution in [0.5, 0.6) is 0 Å². The lowest BCUT2D eigenvalue weighted by molar-refractivity contribution is -0.231. The molecule has 1 aliphatic heterocycles. The maximum absolute atomic E-state index is 13.8. The molecule has 0 N–H and O–H groups in total. The van der Waals surface area contributed by atoms with Gasteiger partial charge in [-0.15, -0.1) is 0 Å². The van der Waals surface area contributed by atoms with Crippen molar-refractivity contribution >= 4 is 0 Å². The van der Waals surface area contributed by atoms with Crippen molar-refractivity contribution in [1.82, 2.24) is 9.80 Å². The first kappa shape index (κ1) is 38.4. The summed E-state index contributed by atoms with van der Waals surface area (Å²) in [5.74, 6) is -1.25. The Bertz CT molecular complexity index is 1100. The van der Waals surface area contributed by atoms with Crippen molar-refractivity contribution in [2.75, 3.05) is 0 Å². The van der Waals surface area contributed by atoms with Gasteiger partial charge in [0.05, 0.1) is 11.8 Å². The van der Waals surface area contributed by atoms with Crippen LogP contribution in [0.1, 0.15) is 180 Å². The lowest BCUT2D eigenvalue weighted by Crippen LogP contribution is -2.55. The van der Waals surface area contributed by atoms with Gasteiger partial charge in [0.1, 0.15) is 0 Å². The smallest absolute Gasteiger partial charge is 0.294 e. The maximum atomic E-state index is 13.8.